The zero-order valence-electron chi connectivity index (χ0n) is 8.83. The number of hydrogen-bond donors (Lipinski definition) is 0. The van der Waals surface area contributed by atoms with E-state index in [0.29, 0.717) is 11.7 Å². The molecule has 0 aliphatic rings. The van der Waals surface area contributed by atoms with Crippen LogP contribution in [-0.2, 0) is 16.0 Å². The van der Waals surface area contributed by atoms with Gasteiger partial charge in [0, 0.05) is 6.92 Å². The molecule has 5 heteroatoms. The van der Waals surface area contributed by atoms with Gasteiger partial charge in [0.1, 0.15) is 12.0 Å². The number of carbonyl (C=O) groups excluding carboxylic acids is 1. The highest BCUT2D eigenvalue weighted by Gasteiger charge is 2.18. The van der Waals surface area contributed by atoms with Gasteiger partial charge in [-0.05, 0) is 20.8 Å². The molecule has 0 radical (unpaired) electrons. The lowest BCUT2D eigenvalue weighted by atomic mass is 10.2. The minimum absolute atomic E-state index is 0.0502. The topological polar surface area (TPSA) is 65.2 Å². The van der Waals surface area contributed by atoms with Crippen LogP contribution in [0.1, 0.15) is 32.5 Å². The highest BCUT2D eigenvalue weighted by Crippen LogP contribution is 2.08. The Balaban J connectivity index is 2.50. The van der Waals surface area contributed by atoms with Gasteiger partial charge in [0.2, 0.25) is 5.89 Å². The van der Waals surface area contributed by atoms with E-state index in [1.807, 2.05) is 20.8 Å². The van der Waals surface area contributed by atoms with Crippen molar-refractivity contribution in [2.24, 2.45) is 0 Å². The Labute approximate surface area is 82.4 Å². The summed E-state index contributed by atoms with van der Waals surface area (Å²) < 4.78 is 9.82. The monoisotopic (exact) mass is 198 g/mol. The van der Waals surface area contributed by atoms with Gasteiger partial charge in [0.25, 0.3) is 0 Å². The molecule has 1 rings (SSSR count). The molecule has 1 heterocycles. The Hall–Kier alpha value is -1.39. The van der Waals surface area contributed by atoms with Crippen molar-refractivity contribution < 1.29 is 14.1 Å². The molecule has 1 aromatic heterocycles. The summed E-state index contributed by atoms with van der Waals surface area (Å²) in [5.74, 6) is 0.457. The van der Waals surface area contributed by atoms with E-state index in [0.717, 1.165) is 0 Å². The molecule has 1 aromatic rings. The molecule has 5 nitrogen and oxygen atoms in total. The predicted molar refractivity (Wildman–Crippen MR) is 48.6 cm³/mol. The minimum Gasteiger partial charge on any atom is -0.460 e. The van der Waals surface area contributed by atoms with Crippen LogP contribution in [0, 0.1) is 6.92 Å². The van der Waals surface area contributed by atoms with Crippen molar-refractivity contribution in [3.05, 3.63) is 11.7 Å². The van der Waals surface area contributed by atoms with E-state index >= 15 is 0 Å². The van der Waals surface area contributed by atoms with E-state index in [2.05, 4.69) is 10.1 Å². The number of hydrogen-bond acceptors (Lipinski definition) is 5. The third kappa shape index (κ3) is 3.55. The van der Waals surface area contributed by atoms with Crippen LogP contribution in [0.3, 0.4) is 0 Å². The van der Waals surface area contributed by atoms with Crippen LogP contribution in [0.15, 0.2) is 4.52 Å². The number of ether oxygens (including phenoxy) is 1. The van der Waals surface area contributed by atoms with Crippen LogP contribution in [0.2, 0.25) is 0 Å². The summed E-state index contributed by atoms with van der Waals surface area (Å²) in [6, 6.07) is 0. The molecule has 0 amide bonds. The van der Waals surface area contributed by atoms with Crippen molar-refractivity contribution in [2.45, 2.75) is 39.7 Å². The number of aromatic nitrogens is 2. The summed E-state index contributed by atoms with van der Waals surface area (Å²) in [6.45, 7) is 7.11. The van der Waals surface area contributed by atoms with E-state index in [1.54, 1.807) is 6.92 Å². The Morgan fingerprint density at radius 3 is 2.57 bits per heavy atom. The maximum Gasteiger partial charge on any atom is 0.314 e. The van der Waals surface area contributed by atoms with E-state index in [4.69, 9.17) is 9.26 Å². The summed E-state index contributed by atoms with van der Waals surface area (Å²) in [7, 11) is 0. The second-order valence-electron chi connectivity index (χ2n) is 3.99. The van der Waals surface area contributed by atoms with Crippen molar-refractivity contribution in [1.82, 2.24) is 10.1 Å². The van der Waals surface area contributed by atoms with Crippen molar-refractivity contribution in [1.29, 1.82) is 0 Å². The lowest BCUT2D eigenvalue weighted by molar-refractivity contribution is -0.154. The number of carbonyl (C=O) groups is 1. The SMILES string of the molecule is Cc1nc(CC(=O)OC(C)(C)C)no1. The quantitative estimate of drug-likeness (QED) is 0.669. The van der Waals surface area contributed by atoms with Crippen molar-refractivity contribution >= 4 is 5.97 Å². The fourth-order valence-corrected chi connectivity index (χ4v) is 0.920. The maximum atomic E-state index is 11.3. The van der Waals surface area contributed by atoms with Crippen molar-refractivity contribution in [3.63, 3.8) is 0 Å². The third-order valence-electron chi connectivity index (χ3n) is 1.29. The fraction of sp³-hybridized carbons (Fsp3) is 0.667. The van der Waals surface area contributed by atoms with Gasteiger partial charge >= 0.3 is 5.97 Å². The molecule has 0 unspecified atom stereocenters. The van der Waals surface area contributed by atoms with Gasteiger partial charge < -0.3 is 9.26 Å². The van der Waals surface area contributed by atoms with E-state index in [-0.39, 0.29) is 12.4 Å². The molecule has 0 aromatic carbocycles. The molecule has 78 valence electrons. The lowest BCUT2D eigenvalue weighted by Gasteiger charge is -2.18. The van der Waals surface area contributed by atoms with Gasteiger partial charge in [-0.2, -0.15) is 4.98 Å². The molecule has 0 aliphatic heterocycles. The van der Waals surface area contributed by atoms with Crippen LogP contribution in [0.25, 0.3) is 0 Å². The van der Waals surface area contributed by atoms with Crippen LogP contribution in [0.5, 0.6) is 0 Å². The Morgan fingerprint density at radius 2 is 2.14 bits per heavy atom. The molecule has 0 atom stereocenters. The lowest BCUT2D eigenvalue weighted by Crippen LogP contribution is -2.25. The Kier molecular flexibility index (Phi) is 2.88. The molecular formula is C9H14N2O3. The first-order valence-corrected chi connectivity index (χ1v) is 4.38. The molecule has 14 heavy (non-hydrogen) atoms. The molecule has 0 bridgehead atoms. The van der Waals surface area contributed by atoms with Crippen LogP contribution in [-0.4, -0.2) is 21.7 Å². The minimum atomic E-state index is -0.476. The zero-order valence-corrected chi connectivity index (χ0v) is 8.83. The average molecular weight is 198 g/mol. The van der Waals surface area contributed by atoms with Gasteiger partial charge in [-0.15, -0.1) is 0 Å². The number of nitrogens with zero attached hydrogens (tertiary/aromatic N) is 2. The first-order chi connectivity index (χ1) is 6.37. The summed E-state index contributed by atoms with van der Waals surface area (Å²) in [5, 5.41) is 3.60. The molecule has 0 spiro atoms. The Morgan fingerprint density at radius 1 is 1.50 bits per heavy atom. The molecule has 0 saturated heterocycles. The van der Waals surface area contributed by atoms with Gasteiger partial charge in [0.15, 0.2) is 5.82 Å². The fourth-order valence-electron chi connectivity index (χ4n) is 0.920. The highest BCUT2D eigenvalue weighted by molar-refractivity contribution is 5.71. The number of aryl methyl sites for hydroxylation is 1. The normalized spacial score (nSPS) is 11.4. The van der Waals surface area contributed by atoms with Crippen molar-refractivity contribution in [3.8, 4) is 0 Å². The van der Waals surface area contributed by atoms with Gasteiger partial charge in [-0.1, -0.05) is 5.16 Å². The first-order valence-electron chi connectivity index (χ1n) is 4.38. The van der Waals surface area contributed by atoms with Crippen molar-refractivity contribution in [2.75, 3.05) is 0 Å². The molecule has 0 N–H and O–H groups in total. The second-order valence-corrected chi connectivity index (χ2v) is 3.99. The van der Waals surface area contributed by atoms with Gasteiger partial charge in [-0.3, -0.25) is 4.79 Å². The van der Waals surface area contributed by atoms with Crippen LogP contribution >= 0.6 is 0 Å². The van der Waals surface area contributed by atoms with Crippen LogP contribution in [0.4, 0.5) is 0 Å². The smallest absolute Gasteiger partial charge is 0.314 e. The predicted octanol–water partition coefficient (Wildman–Crippen LogP) is 1.26. The average Bonchev–Trinajstić information content (AvgIpc) is 2.30. The molecule has 0 aliphatic carbocycles. The number of rotatable bonds is 2. The van der Waals surface area contributed by atoms with E-state index in [1.165, 1.54) is 0 Å². The third-order valence-corrected chi connectivity index (χ3v) is 1.29. The van der Waals surface area contributed by atoms with Gasteiger partial charge in [0.05, 0.1) is 0 Å². The number of esters is 1. The summed E-state index contributed by atoms with van der Waals surface area (Å²) >= 11 is 0. The maximum absolute atomic E-state index is 11.3. The van der Waals surface area contributed by atoms with Gasteiger partial charge in [-0.25, -0.2) is 0 Å². The summed E-state index contributed by atoms with van der Waals surface area (Å²) in [4.78, 5) is 15.2. The molecule has 0 fully saturated rings. The Bertz CT molecular complexity index is 325. The van der Waals surface area contributed by atoms with Crippen LogP contribution < -0.4 is 0 Å². The second kappa shape index (κ2) is 3.77. The van der Waals surface area contributed by atoms with E-state index < -0.39 is 5.60 Å². The summed E-state index contributed by atoms with van der Waals surface area (Å²) in [6.07, 6.45) is 0.0502. The largest absolute Gasteiger partial charge is 0.460 e. The molecular weight excluding hydrogens is 184 g/mol. The first kappa shape index (κ1) is 10.7. The molecule has 0 saturated carbocycles. The highest BCUT2D eigenvalue weighted by atomic mass is 16.6. The zero-order chi connectivity index (χ0) is 10.8. The summed E-state index contributed by atoms with van der Waals surface area (Å²) in [5.41, 5.74) is -0.476. The van der Waals surface area contributed by atoms with E-state index in [9.17, 15) is 4.79 Å². The standard InChI is InChI=1S/C9H14N2O3/c1-6-10-7(11-14-6)5-8(12)13-9(2,3)4/h5H2,1-4H3.